The zero-order valence-corrected chi connectivity index (χ0v) is 13.0. The van der Waals surface area contributed by atoms with Gasteiger partial charge in [0.1, 0.15) is 0 Å². The van der Waals surface area contributed by atoms with Gasteiger partial charge < -0.3 is 0 Å². The lowest BCUT2D eigenvalue weighted by atomic mass is 10.2. The van der Waals surface area contributed by atoms with Crippen LogP contribution in [0.4, 0.5) is 0 Å². The number of rotatable bonds is 9. The monoisotopic (exact) mass is 282 g/mol. The zero-order valence-electron chi connectivity index (χ0n) is 13.0. The highest BCUT2D eigenvalue weighted by atomic mass is 16.2. The Morgan fingerprint density at radius 2 is 1.15 bits per heavy atom. The molecule has 0 atom stereocenters. The summed E-state index contributed by atoms with van der Waals surface area (Å²) in [4.78, 5) is 22.8. The molecule has 0 saturated heterocycles. The Hall–Kier alpha value is -1.72. The van der Waals surface area contributed by atoms with Crippen LogP contribution < -0.4 is 10.9 Å². The quantitative estimate of drug-likeness (QED) is 0.386. The van der Waals surface area contributed by atoms with E-state index in [9.17, 15) is 9.59 Å². The smallest absolute Gasteiger partial charge is 0.240 e. The molecule has 0 heterocycles. The molecule has 0 aromatic carbocycles. The summed E-state index contributed by atoms with van der Waals surface area (Å²) in [6.07, 6.45) is 3.72. The van der Waals surface area contributed by atoms with Crippen LogP contribution in [-0.4, -0.2) is 23.2 Å². The van der Waals surface area contributed by atoms with Crippen LogP contribution >= 0.6 is 0 Å². The maximum Gasteiger partial charge on any atom is 0.240 e. The van der Waals surface area contributed by atoms with Gasteiger partial charge in [0, 0.05) is 24.3 Å². The van der Waals surface area contributed by atoms with E-state index in [-0.39, 0.29) is 11.8 Å². The first-order valence-electron chi connectivity index (χ1n) is 7.13. The lowest BCUT2D eigenvalue weighted by molar-refractivity contribution is -0.123. The summed E-state index contributed by atoms with van der Waals surface area (Å²) >= 11 is 0. The summed E-state index contributed by atoms with van der Waals surface area (Å²) in [5.41, 5.74) is 6.77. The van der Waals surface area contributed by atoms with Crippen molar-refractivity contribution < 1.29 is 9.59 Å². The predicted octanol–water partition coefficient (Wildman–Crippen LogP) is 2.35. The molecule has 0 rings (SSSR count). The lowest BCUT2D eigenvalue weighted by Crippen LogP contribution is -2.20. The van der Waals surface area contributed by atoms with Crippen molar-refractivity contribution in [3.05, 3.63) is 0 Å². The SMILES string of the molecule is CC/C(C)=N\NC(=O)CCCCC(=O)N/N=C(\C)CC. The Balaban J connectivity index is 3.71. The number of nitrogens with zero attached hydrogens (tertiary/aromatic N) is 2. The number of amides is 2. The van der Waals surface area contributed by atoms with Crippen LogP contribution in [0.3, 0.4) is 0 Å². The molecule has 2 amide bonds. The second-order valence-electron chi connectivity index (χ2n) is 4.68. The molecule has 2 N–H and O–H groups in total. The van der Waals surface area contributed by atoms with Crippen molar-refractivity contribution in [3.8, 4) is 0 Å². The molecule has 6 nitrogen and oxygen atoms in total. The molecular formula is C14H26N4O2. The van der Waals surface area contributed by atoms with E-state index in [4.69, 9.17) is 0 Å². The molecular weight excluding hydrogens is 256 g/mol. The molecule has 0 bridgehead atoms. The van der Waals surface area contributed by atoms with Gasteiger partial charge in [0.15, 0.2) is 0 Å². The normalized spacial score (nSPS) is 12.2. The van der Waals surface area contributed by atoms with E-state index in [1.54, 1.807) is 0 Å². The van der Waals surface area contributed by atoms with Crippen molar-refractivity contribution in [2.75, 3.05) is 0 Å². The van der Waals surface area contributed by atoms with Crippen LogP contribution in [0.2, 0.25) is 0 Å². The number of hydrogen-bond acceptors (Lipinski definition) is 4. The molecule has 114 valence electrons. The molecule has 0 aliphatic rings. The molecule has 0 aliphatic heterocycles. The standard InChI is InChI=1S/C14H26N4O2/c1-5-11(3)15-17-13(19)9-7-8-10-14(20)18-16-12(4)6-2/h5-10H2,1-4H3,(H,17,19)(H,18,20)/b15-11-,16-12+. The van der Waals surface area contributed by atoms with Gasteiger partial charge in [0.05, 0.1) is 0 Å². The number of carbonyl (C=O) groups is 2. The van der Waals surface area contributed by atoms with Gasteiger partial charge in [0.2, 0.25) is 11.8 Å². The number of unbranched alkanes of at least 4 members (excludes halogenated alkanes) is 1. The maximum atomic E-state index is 11.4. The lowest BCUT2D eigenvalue weighted by Gasteiger charge is -2.02. The molecule has 0 spiro atoms. The maximum absolute atomic E-state index is 11.4. The Kier molecular flexibility index (Phi) is 10.2. The minimum Gasteiger partial charge on any atom is -0.273 e. The second kappa shape index (κ2) is 11.1. The van der Waals surface area contributed by atoms with Crippen molar-refractivity contribution in [1.82, 2.24) is 10.9 Å². The van der Waals surface area contributed by atoms with Crippen LogP contribution in [-0.2, 0) is 9.59 Å². The van der Waals surface area contributed by atoms with Gasteiger partial charge in [-0.25, -0.2) is 10.9 Å². The summed E-state index contributed by atoms with van der Waals surface area (Å²) in [7, 11) is 0. The third kappa shape index (κ3) is 10.2. The Morgan fingerprint density at radius 1 is 0.800 bits per heavy atom. The Morgan fingerprint density at radius 3 is 1.45 bits per heavy atom. The number of carbonyl (C=O) groups excluding carboxylic acids is 2. The van der Waals surface area contributed by atoms with Crippen LogP contribution in [0.15, 0.2) is 10.2 Å². The van der Waals surface area contributed by atoms with E-state index < -0.39 is 0 Å². The van der Waals surface area contributed by atoms with E-state index in [1.807, 2.05) is 27.7 Å². The molecule has 20 heavy (non-hydrogen) atoms. The van der Waals surface area contributed by atoms with Crippen molar-refractivity contribution in [2.24, 2.45) is 10.2 Å². The summed E-state index contributed by atoms with van der Waals surface area (Å²) < 4.78 is 0. The van der Waals surface area contributed by atoms with Crippen molar-refractivity contribution in [2.45, 2.75) is 66.2 Å². The fraction of sp³-hybridized carbons (Fsp3) is 0.714. The topological polar surface area (TPSA) is 82.9 Å². The third-order valence-corrected chi connectivity index (χ3v) is 2.82. The van der Waals surface area contributed by atoms with Crippen LogP contribution in [0, 0.1) is 0 Å². The van der Waals surface area contributed by atoms with Gasteiger partial charge in [-0.3, -0.25) is 9.59 Å². The van der Waals surface area contributed by atoms with Gasteiger partial charge in [-0.05, 0) is 39.5 Å². The summed E-state index contributed by atoms with van der Waals surface area (Å²) in [5, 5.41) is 7.87. The van der Waals surface area contributed by atoms with Crippen LogP contribution in [0.5, 0.6) is 0 Å². The van der Waals surface area contributed by atoms with Gasteiger partial charge in [0.25, 0.3) is 0 Å². The average Bonchev–Trinajstić information content (AvgIpc) is 2.46. The van der Waals surface area contributed by atoms with Crippen LogP contribution in [0.25, 0.3) is 0 Å². The first-order chi connectivity index (χ1) is 9.49. The number of hydrogen-bond donors (Lipinski definition) is 2. The highest BCUT2D eigenvalue weighted by Gasteiger charge is 2.03. The van der Waals surface area contributed by atoms with Crippen molar-refractivity contribution >= 4 is 23.2 Å². The third-order valence-electron chi connectivity index (χ3n) is 2.82. The molecule has 0 unspecified atom stereocenters. The summed E-state index contributed by atoms with van der Waals surface area (Å²) in [6, 6.07) is 0. The van der Waals surface area contributed by atoms with Gasteiger partial charge in [-0.2, -0.15) is 10.2 Å². The van der Waals surface area contributed by atoms with Crippen LogP contribution in [0.1, 0.15) is 66.2 Å². The van der Waals surface area contributed by atoms with Gasteiger partial charge >= 0.3 is 0 Å². The van der Waals surface area contributed by atoms with E-state index in [2.05, 4.69) is 21.1 Å². The molecule has 0 fully saturated rings. The van der Waals surface area contributed by atoms with E-state index in [0.717, 1.165) is 24.3 Å². The molecule has 0 aromatic heterocycles. The highest BCUT2D eigenvalue weighted by Crippen LogP contribution is 2.00. The fourth-order valence-electron chi connectivity index (χ4n) is 1.16. The minimum atomic E-state index is -0.113. The largest absolute Gasteiger partial charge is 0.273 e. The highest BCUT2D eigenvalue weighted by molar-refractivity contribution is 5.84. The Bertz CT molecular complexity index is 339. The summed E-state index contributed by atoms with van der Waals surface area (Å²) in [5.74, 6) is -0.226. The molecule has 0 aromatic rings. The Labute approximate surface area is 121 Å². The molecule has 0 radical (unpaired) electrons. The van der Waals surface area contributed by atoms with Gasteiger partial charge in [-0.15, -0.1) is 0 Å². The zero-order chi connectivity index (χ0) is 15.4. The van der Waals surface area contributed by atoms with Crippen molar-refractivity contribution in [3.63, 3.8) is 0 Å². The predicted molar refractivity (Wildman–Crippen MR) is 81.6 cm³/mol. The first-order valence-corrected chi connectivity index (χ1v) is 7.13. The minimum absolute atomic E-state index is 0.113. The summed E-state index contributed by atoms with van der Waals surface area (Å²) in [6.45, 7) is 7.69. The number of hydrazone groups is 2. The average molecular weight is 282 g/mol. The second-order valence-corrected chi connectivity index (χ2v) is 4.68. The fourth-order valence-corrected chi connectivity index (χ4v) is 1.16. The molecule has 6 heteroatoms. The van der Waals surface area contributed by atoms with Gasteiger partial charge in [-0.1, -0.05) is 13.8 Å². The number of nitrogens with one attached hydrogen (secondary N) is 2. The van der Waals surface area contributed by atoms with E-state index >= 15 is 0 Å². The van der Waals surface area contributed by atoms with E-state index in [0.29, 0.717) is 25.7 Å². The first kappa shape index (κ1) is 18.3. The molecule has 0 aliphatic carbocycles. The van der Waals surface area contributed by atoms with E-state index in [1.165, 1.54) is 0 Å². The molecule has 0 saturated carbocycles. The van der Waals surface area contributed by atoms with Crippen molar-refractivity contribution in [1.29, 1.82) is 0 Å².